The molecule has 12 heteroatoms. The van der Waals surface area contributed by atoms with Crippen LogP contribution in [0.3, 0.4) is 0 Å². The summed E-state index contributed by atoms with van der Waals surface area (Å²) >= 11 is 0. The quantitative estimate of drug-likeness (QED) is 0.273. The van der Waals surface area contributed by atoms with Gasteiger partial charge in [0.1, 0.15) is 18.3 Å². The molecule has 2 aliphatic heterocycles. The third-order valence-corrected chi connectivity index (χ3v) is 4.82. The summed E-state index contributed by atoms with van der Waals surface area (Å²) in [6.07, 6.45) is 2.05. The fourth-order valence-corrected chi connectivity index (χ4v) is 3.52. The summed E-state index contributed by atoms with van der Waals surface area (Å²) in [5, 5.41) is 22.2. The van der Waals surface area contributed by atoms with Crippen LogP contribution >= 0.6 is 0 Å². The number of rotatable bonds is 6. The zero-order chi connectivity index (χ0) is 23.8. The van der Waals surface area contributed by atoms with Gasteiger partial charge in [0.05, 0.1) is 28.1 Å². The Morgan fingerprint density at radius 3 is 2.16 bits per heavy atom. The number of nitrogens with zero attached hydrogens (tertiary/aromatic N) is 2. The molecule has 2 fully saturated rings. The molecule has 1 aromatic carbocycles. The first kappa shape index (κ1) is 23.6. The Hall–Kier alpha value is -3.11. The molecule has 0 radical (unpaired) electrons. The van der Waals surface area contributed by atoms with E-state index in [0.717, 1.165) is 18.2 Å². The number of non-ortho nitro benzene ring substituents is 2. The standard InChI is InChI=1S/C20H22N2O10/c1-6-14(16-17(32-20(4,5)31-16)15-10-28-19(2,3)30-15)29-18(23)11-7-12(21(24)25)9-13(8-11)22(26)27/h1,7-9,14-17H,10H2,2-5H3. The number of terminal acetylenes is 1. The zero-order valence-corrected chi connectivity index (χ0v) is 17.8. The summed E-state index contributed by atoms with van der Waals surface area (Å²) in [6.45, 7) is 6.96. The van der Waals surface area contributed by atoms with E-state index in [1.807, 2.05) is 0 Å². The molecule has 3 rings (SSSR count). The highest BCUT2D eigenvalue weighted by atomic mass is 16.8. The molecule has 4 atom stereocenters. The number of carbonyl (C=O) groups excluding carboxylic acids is 1. The molecule has 4 unspecified atom stereocenters. The third kappa shape index (κ3) is 5.03. The molecule has 0 amide bonds. The highest BCUT2D eigenvalue weighted by molar-refractivity contribution is 5.91. The first-order valence-electron chi connectivity index (χ1n) is 9.60. The van der Waals surface area contributed by atoms with Crippen molar-refractivity contribution in [1.29, 1.82) is 0 Å². The van der Waals surface area contributed by atoms with Crippen LogP contribution in [-0.4, -0.2) is 58.4 Å². The van der Waals surface area contributed by atoms with E-state index in [1.54, 1.807) is 27.7 Å². The molecule has 0 bridgehead atoms. The average Bonchev–Trinajstić information content (AvgIpc) is 3.23. The molecule has 12 nitrogen and oxygen atoms in total. The van der Waals surface area contributed by atoms with E-state index in [9.17, 15) is 25.0 Å². The van der Waals surface area contributed by atoms with Gasteiger partial charge in [0, 0.05) is 12.1 Å². The maximum absolute atomic E-state index is 12.7. The molecule has 2 heterocycles. The van der Waals surface area contributed by atoms with E-state index in [-0.39, 0.29) is 6.61 Å². The summed E-state index contributed by atoms with van der Waals surface area (Å²) in [6, 6.07) is 2.47. The third-order valence-electron chi connectivity index (χ3n) is 4.82. The predicted molar refractivity (Wildman–Crippen MR) is 107 cm³/mol. The molecule has 0 spiro atoms. The van der Waals surface area contributed by atoms with Crippen LogP contribution in [0.1, 0.15) is 38.1 Å². The molecule has 0 aromatic heterocycles. The summed E-state index contributed by atoms with van der Waals surface area (Å²) < 4.78 is 28.5. The number of carbonyl (C=O) groups is 1. The smallest absolute Gasteiger partial charge is 0.339 e. The van der Waals surface area contributed by atoms with Crippen molar-refractivity contribution < 1.29 is 38.3 Å². The molecule has 0 saturated carbocycles. The molecule has 2 saturated heterocycles. The van der Waals surface area contributed by atoms with Crippen molar-refractivity contribution in [3.8, 4) is 12.3 Å². The lowest BCUT2D eigenvalue weighted by atomic mass is 10.0. The number of nitro groups is 2. The summed E-state index contributed by atoms with van der Waals surface area (Å²) in [4.78, 5) is 33.2. The van der Waals surface area contributed by atoms with Gasteiger partial charge in [0.15, 0.2) is 17.7 Å². The Balaban J connectivity index is 1.85. The van der Waals surface area contributed by atoms with E-state index in [2.05, 4.69) is 5.92 Å². The van der Waals surface area contributed by atoms with Crippen LogP contribution in [0, 0.1) is 32.6 Å². The molecule has 0 N–H and O–H groups in total. The van der Waals surface area contributed by atoms with Crippen LogP contribution in [0.15, 0.2) is 18.2 Å². The lowest BCUT2D eigenvalue weighted by Crippen LogP contribution is -2.45. The molecule has 32 heavy (non-hydrogen) atoms. The topological polar surface area (TPSA) is 150 Å². The van der Waals surface area contributed by atoms with E-state index in [0.29, 0.717) is 0 Å². The number of hydrogen-bond acceptors (Lipinski definition) is 10. The van der Waals surface area contributed by atoms with Crippen molar-refractivity contribution in [3.05, 3.63) is 44.0 Å². The van der Waals surface area contributed by atoms with Crippen molar-refractivity contribution in [1.82, 2.24) is 0 Å². The fourth-order valence-electron chi connectivity index (χ4n) is 3.52. The van der Waals surface area contributed by atoms with Crippen LogP contribution in [-0.2, 0) is 23.7 Å². The lowest BCUT2D eigenvalue weighted by molar-refractivity contribution is -0.394. The first-order valence-corrected chi connectivity index (χ1v) is 9.60. The van der Waals surface area contributed by atoms with Gasteiger partial charge in [0.25, 0.3) is 11.4 Å². The van der Waals surface area contributed by atoms with Crippen molar-refractivity contribution in [2.45, 2.75) is 63.7 Å². The molecule has 1 aromatic rings. The summed E-state index contributed by atoms with van der Waals surface area (Å²) in [5.74, 6) is -0.692. The Morgan fingerprint density at radius 1 is 1.09 bits per heavy atom. The normalized spacial score (nSPS) is 26.8. The second-order valence-corrected chi connectivity index (χ2v) is 8.18. The SMILES string of the molecule is C#CC(OC(=O)c1cc([N+](=O)[O-])cc([N+](=O)[O-])c1)C1OC(C)(C)OC1C1COC(C)(C)O1. The molecule has 172 valence electrons. The van der Waals surface area contributed by atoms with Gasteiger partial charge in [-0.15, -0.1) is 6.42 Å². The van der Waals surface area contributed by atoms with Crippen molar-refractivity contribution >= 4 is 17.3 Å². The zero-order valence-electron chi connectivity index (χ0n) is 17.8. The van der Waals surface area contributed by atoms with Crippen LogP contribution in [0.5, 0.6) is 0 Å². The minimum Gasteiger partial charge on any atom is -0.443 e. The number of nitro benzene ring substituents is 2. The van der Waals surface area contributed by atoms with Gasteiger partial charge in [-0.1, -0.05) is 5.92 Å². The van der Waals surface area contributed by atoms with Crippen LogP contribution in [0.25, 0.3) is 0 Å². The molecular weight excluding hydrogens is 428 g/mol. The molecule has 0 aliphatic carbocycles. The highest BCUT2D eigenvalue weighted by Crippen LogP contribution is 2.37. The van der Waals surface area contributed by atoms with E-state index in [4.69, 9.17) is 30.1 Å². The second kappa shape index (κ2) is 8.44. The Labute approximate surface area is 183 Å². The minimum absolute atomic E-state index is 0.190. The van der Waals surface area contributed by atoms with Gasteiger partial charge in [0.2, 0.25) is 0 Å². The highest BCUT2D eigenvalue weighted by Gasteiger charge is 2.53. The predicted octanol–water partition coefficient (Wildman–Crippen LogP) is 2.33. The minimum atomic E-state index is -1.28. The van der Waals surface area contributed by atoms with Gasteiger partial charge >= 0.3 is 5.97 Å². The van der Waals surface area contributed by atoms with E-state index >= 15 is 0 Å². The molecule has 2 aliphatic rings. The van der Waals surface area contributed by atoms with Crippen molar-refractivity contribution in [3.63, 3.8) is 0 Å². The van der Waals surface area contributed by atoms with Gasteiger partial charge in [-0.25, -0.2) is 4.79 Å². The van der Waals surface area contributed by atoms with Gasteiger partial charge in [-0.3, -0.25) is 20.2 Å². The summed E-state index contributed by atoms with van der Waals surface area (Å²) in [7, 11) is 0. The number of hydrogen-bond donors (Lipinski definition) is 0. The van der Waals surface area contributed by atoms with E-state index < -0.39 is 68.7 Å². The Kier molecular flexibility index (Phi) is 6.21. The van der Waals surface area contributed by atoms with Crippen molar-refractivity contribution in [2.75, 3.05) is 6.61 Å². The maximum atomic E-state index is 12.7. The van der Waals surface area contributed by atoms with Gasteiger partial charge in [-0.05, 0) is 27.7 Å². The second-order valence-electron chi connectivity index (χ2n) is 8.18. The number of benzene rings is 1. The lowest BCUT2D eigenvalue weighted by Gasteiger charge is -2.26. The Morgan fingerprint density at radius 2 is 1.69 bits per heavy atom. The average molecular weight is 450 g/mol. The summed E-state index contributed by atoms with van der Waals surface area (Å²) in [5.41, 5.74) is -1.68. The van der Waals surface area contributed by atoms with E-state index in [1.165, 1.54) is 0 Å². The van der Waals surface area contributed by atoms with Crippen LogP contribution in [0.2, 0.25) is 0 Å². The maximum Gasteiger partial charge on any atom is 0.339 e. The Bertz CT molecular complexity index is 951. The van der Waals surface area contributed by atoms with Gasteiger partial charge in [-0.2, -0.15) is 0 Å². The molecular formula is C20H22N2O10. The number of ether oxygens (including phenoxy) is 5. The largest absolute Gasteiger partial charge is 0.443 e. The van der Waals surface area contributed by atoms with Crippen LogP contribution < -0.4 is 0 Å². The van der Waals surface area contributed by atoms with Gasteiger partial charge < -0.3 is 23.7 Å². The van der Waals surface area contributed by atoms with Crippen molar-refractivity contribution in [2.24, 2.45) is 0 Å². The number of esters is 1. The monoisotopic (exact) mass is 450 g/mol. The first-order chi connectivity index (χ1) is 14.8. The van der Waals surface area contributed by atoms with Crippen LogP contribution in [0.4, 0.5) is 11.4 Å². The fraction of sp³-hybridized carbons (Fsp3) is 0.550.